The molecule has 16 heavy (non-hydrogen) atoms. The highest BCUT2D eigenvalue weighted by Crippen LogP contribution is 2.02. The number of hydrogen-bond acceptors (Lipinski definition) is 4. The van der Waals surface area contributed by atoms with Gasteiger partial charge in [-0.3, -0.25) is 5.32 Å². The number of unbranched alkanes of at least 4 members (excludes halogenated alkanes) is 1. The SMILES string of the molecule is CC(CCCCNC(=O)NC(N)=O)N=C=O. The van der Waals surface area contributed by atoms with E-state index in [9.17, 15) is 14.4 Å². The molecule has 0 aliphatic carbocycles. The zero-order chi connectivity index (χ0) is 12.4. The van der Waals surface area contributed by atoms with E-state index in [0.29, 0.717) is 6.54 Å². The fourth-order valence-corrected chi connectivity index (χ4v) is 1.08. The number of carbonyl (C=O) groups excluding carboxylic acids is 3. The molecule has 7 heteroatoms. The Hall–Kier alpha value is -1.88. The highest BCUT2D eigenvalue weighted by atomic mass is 16.2. The molecule has 1 atom stereocenters. The molecule has 7 nitrogen and oxygen atoms in total. The molecule has 0 saturated heterocycles. The van der Waals surface area contributed by atoms with Crippen molar-refractivity contribution >= 4 is 18.1 Å². The summed E-state index contributed by atoms with van der Waals surface area (Å²) >= 11 is 0. The van der Waals surface area contributed by atoms with Crippen LogP contribution < -0.4 is 16.4 Å². The van der Waals surface area contributed by atoms with Crippen LogP contribution in [0.2, 0.25) is 0 Å². The third kappa shape index (κ3) is 8.71. The maximum Gasteiger partial charge on any atom is 0.322 e. The molecule has 0 rings (SSSR count). The van der Waals surface area contributed by atoms with Crippen LogP contribution in [0.5, 0.6) is 0 Å². The third-order valence-electron chi connectivity index (χ3n) is 1.84. The number of nitrogens with zero attached hydrogens (tertiary/aromatic N) is 1. The zero-order valence-electron chi connectivity index (χ0n) is 9.16. The van der Waals surface area contributed by atoms with Gasteiger partial charge < -0.3 is 11.1 Å². The molecule has 0 aromatic carbocycles. The van der Waals surface area contributed by atoms with Crippen LogP contribution in [0.15, 0.2) is 4.99 Å². The van der Waals surface area contributed by atoms with E-state index in [1.807, 2.05) is 12.2 Å². The molecule has 0 bridgehead atoms. The second-order valence-electron chi connectivity index (χ2n) is 3.31. The van der Waals surface area contributed by atoms with Crippen LogP contribution in [0.1, 0.15) is 26.2 Å². The van der Waals surface area contributed by atoms with Crippen LogP contribution in [0, 0.1) is 0 Å². The minimum atomic E-state index is -0.883. The standard InChI is InChI=1S/C9H16N4O3/c1-7(12-6-14)4-2-3-5-11-9(16)13-8(10)15/h7H,2-5H2,1H3,(H4,10,11,13,15,16). The molecule has 0 radical (unpaired) electrons. The van der Waals surface area contributed by atoms with Crippen LogP contribution in [0.4, 0.5) is 9.59 Å². The van der Waals surface area contributed by atoms with Gasteiger partial charge in [0.05, 0.1) is 6.04 Å². The largest absolute Gasteiger partial charge is 0.351 e. The third-order valence-corrected chi connectivity index (χ3v) is 1.84. The average molecular weight is 228 g/mol. The maximum absolute atomic E-state index is 10.9. The Labute approximate surface area is 93.5 Å². The molecule has 4 N–H and O–H groups in total. The van der Waals surface area contributed by atoms with Crippen molar-refractivity contribution in [3.8, 4) is 0 Å². The lowest BCUT2D eigenvalue weighted by Gasteiger charge is -2.05. The van der Waals surface area contributed by atoms with E-state index in [-0.39, 0.29) is 6.04 Å². The Bertz CT molecular complexity index is 286. The van der Waals surface area contributed by atoms with Gasteiger partial charge in [-0.1, -0.05) is 0 Å². The monoisotopic (exact) mass is 228 g/mol. The first-order valence-electron chi connectivity index (χ1n) is 4.97. The van der Waals surface area contributed by atoms with E-state index in [0.717, 1.165) is 19.3 Å². The molecule has 90 valence electrons. The molecular formula is C9H16N4O3. The number of imide groups is 1. The topological polar surface area (TPSA) is 114 Å². The van der Waals surface area contributed by atoms with Crippen molar-refractivity contribution in [2.45, 2.75) is 32.2 Å². The molecule has 0 saturated carbocycles. The van der Waals surface area contributed by atoms with Crippen LogP contribution in [0.25, 0.3) is 0 Å². The number of amides is 4. The quantitative estimate of drug-likeness (QED) is 0.344. The smallest absolute Gasteiger partial charge is 0.322 e. The van der Waals surface area contributed by atoms with Crippen molar-refractivity contribution in [2.75, 3.05) is 6.54 Å². The summed E-state index contributed by atoms with van der Waals surface area (Å²) in [6.07, 6.45) is 3.81. The minimum absolute atomic E-state index is 0.0445. The molecule has 0 heterocycles. The predicted molar refractivity (Wildman–Crippen MR) is 57.6 cm³/mol. The van der Waals surface area contributed by atoms with Gasteiger partial charge in [-0.15, -0.1) is 0 Å². The summed E-state index contributed by atoms with van der Waals surface area (Å²) in [5, 5.41) is 4.34. The summed E-state index contributed by atoms with van der Waals surface area (Å²) in [7, 11) is 0. The van der Waals surface area contributed by atoms with Crippen LogP contribution >= 0.6 is 0 Å². The van der Waals surface area contributed by atoms with Gasteiger partial charge in [-0.2, -0.15) is 0 Å². The Morgan fingerprint density at radius 1 is 1.44 bits per heavy atom. The second kappa shape index (κ2) is 8.43. The van der Waals surface area contributed by atoms with E-state index in [1.54, 1.807) is 0 Å². The van der Waals surface area contributed by atoms with Gasteiger partial charge in [0.1, 0.15) is 0 Å². The van der Waals surface area contributed by atoms with Crippen molar-refractivity contribution in [1.29, 1.82) is 0 Å². The van der Waals surface area contributed by atoms with Crippen LogP contribution in [-0.4, -0.2) is 30.7 Å². The molecule has 0 spiro atoms. The molecule has 1 unspecified atom stereocenters. The molecule has 0 aliphatic heterocycles. The highest BCUT2D eigenvalue weighted by molar-refractivity contribution is 5.92. The Morgan fingerprint density at radius 2 is 2.12 bits per heavy atom. The number of nitrogens with two attached hydrogens (primary N) is 1. The van der Waals surface area contributed by atoms with E-state index in [4.69, 9.17) is 5.73 Å². The molecular weight excluding hydrogens is 212 g/mol. The summed E-state index contributed by atoms with van der Waals surface area (Å²) in [6, 6.07) is -1.53. The normalized spacial score (nSPS) is 11.1. The number of hydrogen-bond donors (Lipinski definition) is 3. The lowest BCUT2D eigenvalue weighted by molar-refractivity contribution is 0.231. The number of isocyanates is 1. The molecule has 0 aliphatic rings. The van der Waals surface area contributed by atoms with Gasteiger partial charge in [-0.05, 0) is 26.2 Å². The number of primary amides is 1. The first-order chi connectivity index (χ1) is 7.56. The van der Waals surface area contributed by atoms with Crippen molar-refractivity contribution in [3.05, 3.63) is 0 Å². The summed E-state index contributed by atoms with van der Waals surface area (Å²) in [6.45, 7) is 2.26. The minimum Gasteiger partial charge on any atom is -0.351 e. The molecule has 0 aromatic rings. The number of aliphatic imine (C=N–C) groups is 1. The molecule has 0 aromatic heterocycles. The van der Waals surface area contributed by atoms with Gasteiger partial charge in [0, 0.05) is 6.54 Å². The predicted octanol–water partition coefficient (Wildman–Crippen LogP) is 0.259. The lowest BCUT2D eigenvalue weighted by atomic mass is 10.1. The van der Waals surface area contributed by atoms with E-state index < -0.39 is 12.1 Å². The Morgan fingerprint density at radius 3 is 2.69 bits per heavy atom. The van der Waals surface area contributed by atoms with E-state index in [2.05, 4.69) is 10.3 Å². The summed E-state index contributed by atoms with van der Waals surface area (Å²) in [4.78, 5) is 34.5. The highest BCUT2D eigenvalue weighted by Gasteiger charge is 2.02. The first-order valence-corrected chi connectivity index (χ1v) is 4.97. The maximum atomic E-state index is 10.9. The van der Waals surface area contributed by atoms with Crippen LogP contribution in [-0.2, 0) is 4.79 Å². The van der Waals surface area contributed by atoms with Gasteiger partial charge in [0.2, 0.25) is 6.08 Å². The molecule has 4 amide bonds. The van der Waals surface area contributed by atoms with Crippen LogP contribution in [0.3, 0.4) is 0 Å². The van der Waals surface area contributed by atoms with E-state index in [1.165, 1.54) is 6.08 Å². The van der Waals surface area contributed by atoms with Gasteiger partial charge in [0.15, 0.2) is 0 Å². The van der Waals surface area contributed by atoms with Gasteiger partial charge >= 0.3 is 12.1 Å². The number of rotatable bonds is 6. The fourth-order valence-electron chi connectivity index (χ4n) is 1.08. The van der Waals surface area contributed by atoms with Gasteiger partial charge in [0.25, 0.3) is 0 Å². The average Bonchev–Trinajstić information content (AvgIpc) is 2.16. The summed E-state index contributed by atoms with van der Waals surface area (Å²) in [5.74, 6) is 0. The summed E-state index contributed by atoms with van der Waals surface area (Å²) < 4.78 is 0. The van der Waals surface area contributed by atoms with Crippen molar-refractivity contribution in [2.24, 2.45) is 10.7 Å². The van der Waals surface area contributed by atoms with Gasteiger partial charge in [-0.25, -0.2) is 19.4 Å². The molecule has 0 fully saturated rings. The first kappa shape index (κ1) is 14.1. The Balaban J connectivity index is 3.43. The fraction of sp³-hybridized carbons (Fsp3) is 0.667. The number of urea groups is 2. The van der Waals surface area contributed by atoms with Crippen molar-refractivity contribution < 1.29 is 14.4 Å². The zero-order valence-corrected chi connectivity index (χ0v) is 9.16. The number of nitrogens with one attached hydrogen (secondary N) is 2. The second-order valence-corrected chi connectivity index (χ2v) is 3.31. The van der Waals surface area contributed by atoms with E-state index >= 15 is 0 Å². The van der Waals surface area contributed by atoms with Crippen molar-refractivity contribution in [3.63, 3.8) is 0 Å². The van der Waals surface area contributed by atoms with Crippen molar-refractivity contribution in [1.82, 2.24) is 10.6 Å². The Kier molecular flexibility index (Phi) is 7.44. The number of carbonyl (C=O) groups is 2. The summed E-state index contributed by atoms with van der Waals surface area (Å²) in [5.41, 5.74) is 4.74. The lowest BCUT2D eigenvalue weighted by Crippen LogP contribution is -2.42.